The number of ether oxygens (including phenoxy) is 2. The molecule has 1 fully saturated rings. The molecule has 0 saturated carbocycles. The first-order chi connectivity index (χ1) is 21.5. The normalized spacial score (nSPS) is 14.5. The average Bonchev–Trinajstić information content (AvgIpc) is 3.25. The molecule has 2 N–H and O–H groups in total. The monoisotopic (exact) mass is 684 g/mol. The summed E-state index contributed by atoms with van der Waals surface area (Å²) < 4.78 is 91.9. The SMILES string of the molecule is COc1cc(-c2cc(C(F)(F)F)cc(C(F)(F)F)c2)cc(C=C2SC(=S)N(CCC(=O)Nc3ccc(C(=O)O)cc3)C2=O)c1OC. The summed E-state index contributed by atoms with van der Waals surface area (Å²) in [6.07, 6.45) is -8.99. The summed E-state index contributed by atoms with van der Waals surface area (Å²) in [5.74, 6) is -2.19. The van der Waals surface area contributed by atoms with Crippen LogP contribution in [0.4, 0.5) is 32.0 Å². The topological polar surface area (TPSA) is 105 Å². The number of anilines is 1. The van der Waals surface area contributed by atoms with Crippen LogP contribution < -0.4 is 14.8 Å². The maximum Gasteiger partial charge on any atom is 0.416 e. The number of alkyl halides is 6. The van der Waals surface area contributed by atoms with Gasteiger partial charge in [0.25, 0.3) is 5.91 Å². The number of aromatic carboxylic acids is 1. The van der Waals surface area contributed by atoms with Crippen molar-refractivity contribution in [3.8, 4) is 22.6 Å². The number of carbonyl (C=O) groups excluding carboxylic acids is 2. The van der Waals surface area contributed by atoms with Crippen molar-refractivity contribution in [2.75, 3.05) is 26.1 Å². The molecule has 1 aliphatic heterocycles. The van der Waals surface area contributed by atoms with E-state index in [0.717, 1.165) is 16.7 Å². The number of thiocarbonyl (C=S) groups is 1. The minimum Gasteiger partial charge on any atom is -0.493 e. The number of hydrogen-bond acceptors (Lipinski definition) is 7. The van der Waals surface area contributed by atoms with E-state index in [-0.39, 0.29) is 56.4 Å². The summed E-state index contributed by atoms with van der Waals surface area (Å²) in [6, 6.07) is 9.07. The van der Waals surface area contributed by atoms with Crippen LogP contribution in [0.3, 0.4) is 0 Å². The lowest BCUT2D eigenvalue weighted by Crippen LogP contribution is -2.31. The third-order valence-electron chi connectivity index (χ3n) is 6.57. The second-order valence-corrected chi connectivity index (χ2v) is 11.3. The highest BCUT2D eigenvalue weighted by atomic mass is 32.2. The number of nitrogens with one attached hydrogen (secondary N) is 1. The van der Waals surface area contributed by atoms with Crippen molar-refractivity contribution in [1.82, 2.24) is 4.90 Å². The number of hydrogen-bond donors (Lipinski definition) is 2. The molecular weight excluding hydrogens is 662 g/mol. The van der Waals surface area contributed by atoms with E-state index in [4.69, 9.17) is 26.8 Å². The number of carbonyl (C=O) groups is 3. The number of nitrogens with zero attached hydrogens (tertiary/aromatic N) is 1. The van der Waals surface area contributed by atoms with Crippen LogP contribution in [-0.4, -0.2) is 52.9 Å². The second kappa shape index (κ2) is 13.4. The molecule has 16 heteroatoms. The standard InChI is InChI=1S/C30H22F6N2O6S2/c1-43-22-12-16(17-10-19(29(31,32)33)14-20(11-17)30(34,35)36)9-18(25(22)44-2)13-23-26(40)38(28(45)46-23)8-7-24(39)37-21-5-3-15(4-6-21)27(41)42/h3-6,9-14H,7-8H2,1-2H3,(H,37,39)(H,41,42). The molecule has 46 heavy (non-hydrogen) atoms. The molecule has 0 unspecified atom stereocenters. The van der Waals surface area contributed by atoms with Crippen LogP contribution in [0.25, 0.3) is 17.2 Å². The molecule has 0 bridgehead atoms. The van der Waals surface area contributed by atoms with Gasteiger partial charge in [-0.3, -0.25) is 14.5 Å². The van der Waals surface area contributed by atoms with Crippen LogP contribution >= 0.6 is 24.0 Å². The lowest BCUT2D eigenvalue weighted by atomic mass is 9.96. The molecule has 3 aromatic carbocycles. The molecule has 242 valence electrons. The number of amides is 2. The molecule has 8 nitrogen and oxygen atoms in total. The molecule has 3 aromatic rings. The van der Waals surface area contributed by atoms with E-state index >= 15 is 0 Å². The Morgan fingerprint density at radius 3 is 2.04 bits per heavy atom. The molecular formula is C30H22F6N2O6S2. The largest absolute Gasteiger partial charge is 0.493 e. The molecule has 0 atom stereocenters. The van der Waals surface area contributed by atoms with Gasteiger partial charge in [0.15, 0.2) is 11.5 Å². The van der Waals surface area contributed by atoms with Gasteiger partial charge in [0.1, 0.15) is 4.32 Å². The van der Waals surface area contributed by atoms with Gasteiger partial charge >= 0.3 is 18.3 Å². The zero-order valence-electron chi connectivity index (χ0n) is 23.7. The first-order valence-electron chi connectivity index (χ1n) is 13.0. The Kier molecular flexibility index (Phi) is 10.0. The van der Waals surface area contributed by atoms with Crippen molar-refractivity contribution < 1.29 is 55.3 Å². The summed E-state index contributed by atoms with van der Waals surface area (Å²) in [7, 11) is 2.49. The summed E-state index contributed by atoms with van der Waals surface area (Å²) in [5.41, 5.74) is -3.03. The van der Waals surface area contributed by atoms with Crippen LogP contribution in [0.15, 0.2) is 59.5 Å². The predicted molar refractivity (Wildman–Crippen MR) is 162 cm³/mol. The molecule has 0 spiro atoms. The maximum atomic E-state index is 13.5. The molecule has 1 saturated heterocycles. The van der Waals surface area contributed by atoms with Crippen molar-refractivity contribution in [3.05, 3.63) is 81.8 Å². The van der Waals surface area contributed by atoms with Crippen LogP contribution in [-0.2, 0) is 21.9 Å². The van der Waals surface area contributed by atoms with Gasteiger partial charge in [0, 0.05) is 24.2 Å². The number of carboxylic acids is 1. The summed E-state index contributed by atoms with van der Waals surface area (Å²) in [4.78, 5) is 37.9. The number of methoxy groups -OCH3 is 2. The van der Waals surface area contributed by atoms with E-state index in [0.29, 0.717) is 17.8 Å². The second-order valence-electron chi connectivity index (χ2n) is 9.61. The highest BCUT2D eigenvalue weighted by molar-refractivity contribution is 8.26. The van der Waals surface area contributed by atoms with Gasteiger partial charge in [-0.2, -0.15) is 26.3 Å². The number of benzene rings is 3. The van der Waals surface area contributed by atoms with E-state index in [1.165, 1.54) is 56.7 Å². The van der Waals surface area contributed by atoms with Gasteiger partial charge in [-0.05, 0) is 71.8 Å². The summed E-state index contributed by atoms with van der Waals surface area (Å²) in [5, 5.41) is 11.6. The van der Waals surface area contributed by atoms with Crippen molar-refractivity contribution in [1.29, 1.82) is 0 Å². The molecule has 0 aromatic heterocycles. The van der Waals surface area contributed by atoms with Gasteiger partial charge in [-0.15, -0.1) is 0 Å². The highest BCUT2D eigenvalue weighted by Gasteiger charge is 2.37. The van der Waals surface area contributed by atoms with Crippen LogP contribution in [0, 0.1) is 0 Å². The van der Waals surface area contributed by atoms with E-state index in [1.54, 1.807) is 0 Å². The first-order valence-corrected chi connectivity index (χ1v) is 14.2. The summed E-state index contributed by atoms with van der Waals surface area (Å²) >= 11 is 6.18. The van der Waals surface area contributed by atoms with Crippen molar-refractivity contribution in [2.24, 2.45) is 0 Å². The average molecular weight is 685 g/mol. The van der Waals surface area contributed by atoms with Crippen LogP contribution in [0.1, 0.15) is 33.5 Å². The molecule has 1 heterocycles. The Labute approximate surface area is 267 Å². The predicted octanol–water partition coefficient (Wildman–Crippen LogP) is 7.34. The Bertz CT molecular complexity index is 1710. The third-order valence-corrected chi connectivity index (χ3v) is 7.94. The Morgan fingerprint density at radius 2 is 1.52 bits per heavy atom. The number of rotatable bonds is 9. The zero-order valence-corrected chi connectivity index (χ0v) is 25.3. The number of thioether (sulfide) groups is 1. The highest BCUT2D eigenvalue weighted by Crippen LogP contribution is 2.43. The van der Waals surface area contributed by atoms with Crippen LogP contribution in [0.5, 0.6) is 11.5 Å². The van der Waals surface area contributed by atoms with Gasteiger partial charge in [-0.25, -0.2) is 4.79 Å². The van der Waals surface area contributed by atoms with E-state index in [9.17, 15) is 40.7 Å². The van der Waals surface area contributed by atoms with Crippen molar-refractivity contribution in [2.45, 2.75) is 18.8 Å². The lowest BCUT2D eigenvalue weighted by molar-refractivity contribution is -0.143. The molecule has 0 aliphatic carbocycles. The number of carboxylic acid groups (broad SMARTS) is 1. The van der Waals surface area contributed by atoms with E-state index in [1.807, 2.05) is 0 Å². The smallest absolute Gasteiger partial charge is 0.416 e. The Morgan fingerprint density at radius 1 is 0.935 bits per heavy atom. The van der Waals surface area contributed by atoms with E-state index in [2.05, 4.69) is 5.32 Å². The van der Waals surface area contributed by atoms with E-state index < -0.39 is 46.8 Å². The fourth-order valence-corrected chi connectivity index (χ4v) is 5.66. The molecule has 4 rings (SSSR count). The molecule has 1 aliphatic rings. The minimum atomic E-state index is -5.06. The first kappa shape index (κ1) is 34.3. The van der Waals surface area contributed by atoms with Gasteiger partial charge in [-0.1, -0.05) is 24.0 Å². The van der Waals surface area contributed by atoms with Gasteiger partial charge in [0.2, 0.25) is 5.91 Å². The third kappa shape index (κ3) is 7.80. The Balaban J connectivity index is 1.62. The molecule has 0 radical (unpaired) electrons. The quantitative estimate of drug-likeness (QED) is 0.137. The fraction of sp³-hybridized carbons (Fsp3) is 0.200. The van der Waals surface area contributed by atoms with Gasteiger partial charge in [0.05, 0.1) is 35.8 Å². The van der Waals surface area contributed by atoms with Crippen molar-refractivity contribution in [3.63, 3.8) is 0 Å². The lowest BCUT2D eigenvalue weighted by Gasteiger charge is -2.17. The minimum absolute atomic E-state index is 0.0197. The van der Waals surface area contributed by atoms with Crippen LogP contribution in [0.2, 0.25) is 0 Å². The fourth-order valence-electron chi connectivity index (χ4n) is 4.36. The van der Waals surface area contributed by atoms with Gasteiger partial charge < -0.3 is 19.9 Å². The summed E-state index contributed by atoms with van der Waals surface area (Å²) in [6.45, 7) is -0.119. The Hall–Kier alpha value is -4.57. The number of halogens is 6. The maximum absolute atomic E-state index is 13.5. The zero-order chi connectivity index (χ0) is 34.0. The molecule has 2 amide bonds. The van der Waals surface area contributed by atoms with Crippen molar-refractivity contribution >= 4 is 57.8 Å².